The predicted octanol–water partition coefficient (Wildman–Crippen LogP) is 2.87. The SMILES string of the molecule is CN1C(=O)C(C)(C)Nc2c1cccc2C(F)(F)F. The lowest BCUT2D eigenvalue weighted by atomic mass is 9.96. The summed E-state index contributed by atoms with van der Waals surface area (Å²) in [6.07, 6.45) is -4.45. The third-order valence-corrected chi connectivity index (χ3v) is 2.99. The van der Waals surface area contributed by atoms with Crippen molar-refractivity contribution in [3.63, 3.8) is 0 Å². The van der Waals surface area contributed by atoms with Gasteiger partial charge in [-0.1, -0.05) is 6.07 Å². The third-order valence-electron chi connectivity index (χ3n) is 2.99. The number of anilines is 2. The van der Waals surface area contributed by atoms with Crippen LogP contribution >= 0.6 is 0 Å². The summed E-state index contributed by atoms with van der Waals surface area (Å²) in [4.78, 5) is 13.2. The monoisotopic (exact) mass is 258 g/mol. The topological polar surface area (TPSA) is 32.3 Å². The average molecular weight is 258 g/mol. The van der Waals surface area contributed by atoms with E-state index in [0.29, 0.717) is 0 Å². The van der Waals surface area contributed by atoms with Gasteiger partial charge in [0.1, 0.15) is 5.54 Å². The van der Waals surface area contributed by atoms with Crippen molar-refractivity contribution in [1.82, 2.24) is 0 Å². The van der Waals surface area contributed by atoms with Crippen molar-refractivity contribution in [2.45, 2.75) is 25.6 Å². The highest BCUT2D eigenvalue weighted by Crippen LogP contribution is 2.43. The van der Waals surface area contributed by atoms with Crippen LogP contribution in [0.4, 0.5) is 24.5 Å². The summed E-state index contributed by atoms with van der Waals surface area (Å²) in [6.45, 7) is 3.11. The Bertz CT molecular complexity index is 509. The molecule has 0 aromatic heterocycles. The fourth-order valence-electron chi connectivity index (χ4n) is 2.08. The Labute approximate surface area is 103 Å². The zero-order chi connectivity index (χ0) is 13.7. The van der Waals surface area contributed by atoms with Gasteiger partial charge in [-0.25, -0.2) is 0 Å². The molecule has 0 unspecified atom stereocenters. The number of para-hydroxylation sites is 1. The first kappa shape index (κ1) is 12.7. The van der Waals surface area contributed by atoms with Crippen LogP contribution in [0, 0.1) is 0 Å². The standard InChI is InChI=1S/C12H13F3N2O/c1-11(2)10(18)17(3)8-6-4-5-7(9(8)16-11)12(13,14)15/h4-6,16H,1-3H3. The molecule has 0 saturated heterocycles. The molecule has 0 spiro atoms. The van der Waals surface area contributed by atoms with Gasteiger partial charge in [0.25, 0.3) is 5.91 Å². The molecule has 1 amide bonds. The summed E-state index contributed by atoms with van der Waals surface area (Å²) in [6, 6.07) is 3.79. The first-order valence-corrected chi connectivity index (χ1v) is 5.41. The molecule has 1 aliphatic rings. The second-order valence-electron chi connectivity index (χ2n) is 4.81. The van der Waals surface area contributed by atoms with Crippen LogP contribution in [0.3, 0.4) is 0 Å². The maximum Gasteiger partial charge on any atom is 0.418 e. The van der Waals surface area contributed by atoms with Crippen LogP contribution in [0.5, 0.6) is 0 Å². The van der Waals surface area contributed by atoms with E-state index in [-0.39, 0.29) is 17.3 Å². The molecule has 1 aliphatic heterocycles. The summed E-state index contributed by atoms with van der Waals surface area (Å²) in [5, 5.41) is 2.68. The van der Waals surface area contributed by atoms with E-state index in [2.05, 4.69) is 5.32 Å². The summed E-state index contributed by atoms with van der Waals surface area (Å²) >= 11 is 0. The van der Waals surface area contributed by atoms with E-state index in [1.165, 1.54) is 24.1 Å². The van der Waals surface area contributed by atoms with E-state index in [4.69, 9.17) is 0 Å². The number of likely N-dealkylation sites (N-methyl/N-ethyl adjacent to an activating group) is 1. The molecule has 0 saturated carbocycles. The van der Waals surface area contributed by atoms with Crippen molar-refractivity contribution in [3.05, 3.63) is 23.8 Å². The number of nitrogens with one attached hydrogen (secondary N) is 1. The Kier molecular flexibility index (Phi) is 2.57. The van der Waals surface area contributed by atoms with Crippen LogP contribution in [0.25, 0.3) is 0 Å². The van der Waals surface area contributed by atoms with Crippen molar-refractivity contribution < 1.29 is 18.0 Å². The molecule has 1 heterocycles. The van der Waals surface area contributed by atoms with Gasteiger partial charge in [-0.05, 0) is 26.0 Å². The van der Waals surface area contributed by atoms with Gasteiger partial charge in [0.15, 0.2) is 0 Å². The number of nitrogens with zero attached hydrogens (tertiary/aromatic N) is 1. The number of alkyl halides is 3. The van der Waals surface area contributed by atoms with Gasteiger partial charge in [-0.15, -0.1) is 0 Å². The van der Waals surface area contributed by atoms with Crippen LogP contribution in [-0.4, -0.2) is 18.5 Å². The summed E-state index contributed by atoms with van der Waals surface area (Å²) in [5.41, 5.74) is -1.61. The highest BCUT2D eigenvalue weighted by molar-refractivity contribution is 6.07. The summed E-state index contributed by atoms with van der Waals surface area (Å²) < 4.78 is 38.7. The third kappa shape index (κ3) is 1.81. The zero-order valence-electron chi connectivity index (χ0n) is 10.2. The van der Waals surface area contributed by atoms with Crippen molar-refractivity contribution in [2.75, 3.05) is 17.3 Å². The number of fused-ring (bicyclic) bond motifs is 1. The van der Waals surface area contributed by atoms with Gasteiger partial charge >= 0.3 is 6.18 Å². The lowest BCUT2D eigenvalue weighted by Crippen LogP contribution is -2.52. The normalized spacial score (nSPS) is 18.3. The molecule has 1 aromatic rings. The molecular formula is C12H13F3N2O. The van der Waals surface area contributed by atoms with Crippen molar-refractivity contribution in [3.8, 4) is 0 Å². The van der Waals surface area contributed by atoms with Crippen molar-refractivity contribution in [2.24, 2.45) is 0 Å². The molecular weight excluding hydrogens is 245 g/mol. The van der Waals surface area contributed by atoms with Gasteiger partial charge in [0, 0.05) is 7.05 Å². The zero-order valence-corrected chi connectivity index (χ0v) is 10.2. The molecule has 1 aromatic carbocycles. The minimum absolute atomic E-state index is 0.0444. The first-order chi connectivity index (χ1) is 8.14. The molecule has 1 N–H and O–H groups in total. The van der Waals surface area contributed by atoms with Gasteiger partial charge in [0.2, 0.25) is 0 Å². The molecule has 18 heavy (non-hydrogen) atoms. The molecule has 0 atom stereocenters. The number of carbonyl (C=O) groups excluding carboxylic acids is 1. The lowest BCUT2D eigenvalue weighted by Gasteiger charge is -2.39. The van der Waals surface area contributed by atoms with E-state index in [1.807, 2.05) is 0 Å². The molecule has 0 aliphatic carbocycles. The van der Waals surface area contributed by atoms with Crippen LogP contribution in [0.1, 0.15) is 19.4 Å². The lowest BCUT2D eigenvalue weighted by molar-refractivity contribution is -0.137. The van der Waals surface area contributed by atoms with Crippen LogP contribution in [0.2, 0.25) is 0 Å². The molecule has 2 rings (SSSR count). The van der Waals surface area contributed by atoms with Gasteiger partial charge < -0.3 is 10.2 Å². The Morgan fingerprint density at radius 1 is 1.28 bits per heavy atom. The Balaban J connectivity index is 2.65. The molecule has 98 valence electrons. The maximum atomic E-state index is 12.9. The van der Waals surface area contributed by atoms with E-state index >= 15 is 0 Å². The fourth-order valence-corrected chi connectivity index (χ4v) is 2.08. The quantitative estimate of drug-likeness (QED) is 0.776. The number of benzene rings is 1. The van der Waals surface area contributed by atoms with E-state index in [0.717, 1.165) is 6.07 Å². The number of amides is 1. The summed E-state index contributed by atoms with van der Waals surface area (Å²) in [7, 11) is 1.48. The average Bonchev–Trinajstić information content (AvgIpc) is 2.24. The Hall–Kier alpha value is -1.72. The smallest absolute Gasteiger partial charge is 0.369 e. The molecule has 3 nitrogen and oxygen atoms in total. The van der Waals surface area contributed by atoms with E-state index in [1.54, 1.807) is 13.8 Å². The van der Waals surface area contributed by atoms with Crippen LogP contribution < -0.4 is 10.2 Å². The summed E-state index contributed by atoms with van der Waals surface area (Å²) in [5.74, 6) is -0.269. The van der Waals surface area contributed by atoms with Crippen molar-refractivity contribution in [1.29, 1.82) is 0 Å². The number of hydrogen-bond donors (Lipinski definition) is 1. The number of halogens is 3. The maximum absolute atomic E-state index is 12.9. The Morgan fingerprint density at radius 2 is 1.89 bits per heavy atom. The van der Waals surface area contributed by atoms with Crippen molar-refractivity contribution >= 4 is 17.3 Å². The first-order valence-electron chi connectivity index (χ1n) is 5.41. The van der Waals surface area contributed by atoms with E-state index in [9.17, 15) is 18.0 Å². The predicted molar refractivity (Wildman–Crippen MR) is 62.6 cm³/mol. The minimum Gasteiger partial charge on any atom is -0.369 e. The van der Waals surface area contributed by atoms with Gasteiger partial charge in [-0.2, -0.15) is 13.2 Å². The Morgan fingerprint density at radius 3 is 2.44 bits per heavy atom. The number of rotatable bonds is 0. The second-order valence-corrected chi connectivity index (χ2v) is 4.81. The highest BCUT2D eigenvalue weighted by atomic mass is 19.4. The second kappa shape index (κ2) is 3.63. The number of carbonyl (C=O) groups is 1. The molecule has 6 heteroatoms. The van der Waals surface area contributed by atoms with Gasteiger partial charge in [0.05, 0.1) is 16.9 Å². The highest BCUT2D eigenvalue weighted by Gasteiger charge is 2.42. The minimum atomic E-state index is -4.45. The van der Waals surface area contributed by atoms with Gasteiger partial charge in [-0.3, -0.25) is 4.79 Å². The van der Waals surface area contributed by atoms with Crippen LogP contribution in [-0.2, 0) is 11.0 Å². The molecule has 0 radical (unpaired) electrons. The largest absolute Gasteiger partial charge is 0.418 e. The molecule has 0 bridgehead atoms. The molecule has 0 fully saturated rings. The number of hydrogen-bond acceptors (Lipinski definition) is 2. The van der Waals surface area contributed by atoms with E-state index < -0.39 is 17.3 Å². The van der Waals surface area contributed by atoms with Crippen LogP contribution in [0.15, 0.2) is 18.2 Å². The fraction of sp³-hybridized carbons (Fsp3) is 0.417.